The highest BCUT2D eigenvalue weighted by atomic mass is 16.1. The highest BCUT2D eigenvalue weighted by Crippen LogP contribution is 2.38. The van der Waals surface area contributed by atoms with Crippen LogP contribution in [0.1, 0.15) is 134 Å². The molecule has 0 unspecified atom stereocenters. The highest BCUT2D eigenvalue weighted by molar-refractivity contribution is 6.05. The van der Waals surface area contributed by atoms with Crippen LogP contribution in [0.2, 0.25) is 0 Å². The lowest BCUT2D eigenvalue weighted by Crippen LogP contribution is -2.17. The molecule has 2 aliphatic carbocycles. The number of allylic oxidation sites excluding steroid dienone is 4. The average Bonchev–Trinajstić information content (AvgIpc) is 3.95. The topological polar surface area (TPSA) is 111 Å². The van der Waals surface area contributed by atoms with E-state index in [0.717, 1.165) is 51.2 Å². The van der Waals surface area contributed by atoms with E-state index in [0.29, 0.717) is 11.6 Å². The molecule has 1 aromatic carbocycles. The Balaban J connectivity index is 0.000000414. The number of amides is 1. The summed E-state index contributed by atoms with van der Waals surface area (Å²) in [5.41, 5.74) is 19.2. The van der Waals surface area contributed by atoms with E-state index < -0.39 is 5.91 Å². The fourth-order valence-electron chi connectivity index (χ4n) is 4.18. The van der Waals surface area contributed by atoms with Crippen molar-refractivity contribution in [1.29, 1.82) is 0 Å². The van der Waals surface area contributed by atoms with Gasteiger partial charge in [-0.25, -0.2) is 4.98 Å². The maximum Gasteiger partial charge on any atom is 0.269 e. The van der Waals surface area contributed by atoms with Crippen LogP contribution in [-0.4, -0.2) is 21.1 Å². The van der Waals surface area contributed by atoms with E-state index >= 15 is 0 Å². The number of anilines is 1. The summed E-state index contributed by atoms with van der Waals surface area (Å²) in [7, 11) is 0. The fraction of sp³-hybridized carbons (Fsp3) is 0.541. The number of aromatic nitrogens is 3. The summed E-state index contributed by atoms with van der Waals surface area (Å²) >= 11 is 0. The van der Waals surface area contributed by atoms with Gasteiger partial charge in [0.05, 0.1) is 23.1 Å². The quantitative estimate of drug-likeness (QED) is 0.216. The first-order valence-electron chi connectivity index (χ1n) is 16.5. The largest absolute Gasteiger partial charge is 0.396 e. The Bertz CT molecular complexity index is 1350. The summed E-state index contributed by atoms with van der Waals surface area (Å²) in [6.45, 7) is 17.4. The number of pyridine rings is 1. The van der Waals surface area contributed by atoms with Gasteiger partial charge in [0.25, 0.3) is 5.91 Å². The number of nitrogens with two attached hydrogens (primary N) is 2. The number of nitrogens with one attached hydrogen (secondary N) is 1. The second-order valence-corrected chi connectivity index (χ2v) is 12.0. The minimum absolute atomic E-state index is 0.102. The summed E-state index contributed by atoms with van der Waals surface area (Å²) in [4.78, 5) is 16.7. The molecule has 0 bridgehead atoms. The van der Waals surface area contributed by atoms with Crippen LogP contribution in [0.4, 0.5) is 5.69 Å². The summed E-state index contributed by atoms with van der Waals surface area (Å²) in [6.07, 6.45) is 19.2. The van der Waals surface area contributed by atoms with Crippen molar-refractivity contribution in [1.82, 2.24) is 15.2 Å². The number of aryl methyl sites for hydroxylation is 1. The molecule has 6 nitrogen and oxygen atoms in total. The standard InChI is InChI=1S/C24H27N5O.C6H14.C4H10.C3H6/c1-4-15(7-5-13(2)16-8-9-16)20-11-17(22(25)23(28-20)24(26)30)21-14(3)6-10-19-18(21)12-27-29-19;1-4-6(3)5-2;1-3-4-2;1-2-3-1/h5-7,10-12,16H,4,8-9,25H2,1-3H3,(H2,26,30)(H,27,29);6H,4-5H2,1-3H3;3-4H2,1-2H3;1-3H2/b13-5+,15-7+;;;. The van der Waals surface area contributed by atoms with Gasteiger partial charge in [0.1, 0.15) is 0 Å². The lowest BCUT2D eigenvalue weighted by atomic mass is 9.93. The number of benzene rings is 1. The molecule has 1 amide bonds. The van der Waals surface area contributed by atoms with E-state index in [9.17, 15) is 4.79 Å². The fourth-order valence-corrected chi connectivity index (χ4v) is 4.18. The Kier molecular flexibility index (Phi) is 15.2. The number of aromatic amines is 1. The van der Waals surface area contributed by atoms with E-state index in [1.165, 1.54) is 63.4 Å². The maximum absolute atomic E-state index is 12.2. The molecule has 0 aliphatic heterocycles. The number of primary amides is 1. The van der Waals surface area contributed by atoms with Gasteiger partial charge < -0.3 is 11.5 Å². The number of carbonyl (C=O) groups excluding carboxylic acids is 1. The molecule has 0 atom stereocenters. The van der Waals surface area contributed by atoms with Crippen LogP contribution in [0.15, 0.2) is 42.1 Å². The van der Waals surface area contributed by atoms with Crippen LogP contribution in [0.5, 0.6) is 0 Å². The van der Waals surface area contributed by atoms with Crippen molar-refractivity contribution in [2.75, 3.05) is 5.73 Å². The molecule has 43 heavy (non-hydrogen) atoms. The zero-order valence-corrected chi connectivity index (χ0v) is 28.1. The third-order valence-electron chi connectivity index (χ3n) is 8.12. The van der Waals surface area contributed by atoms with Gasteiger partial charge in [0, 0.05) is 10.9 Å². The van der Waals surface area contributed by atoms with Crippen LogP contribution in [0.3, 0.4) is 0 Å². The number of unbranched alkanes of at least 4 members (excludes halogenated alkanes) is 1. The van der Waals surface area contributed by atoms with Crippen molar-refractivity contribution in [3.05, 3.63) is 59.1 Å². The molecule has 2 fully saturated rings. The minimum atomic E-state index is -0.632. The van der Waals surface area contributed by atoms with Gasteiger partial charge in [-0.2, -0.15) is 5.10 Å². The van der Waals surface area contributed by atoms with E-state index in [-0.39, 0.29) is 5.69 Å². The number of nitrogens with zero attached hydrogens (tertiary/aromatic N) is 2. The van der Waals surface area contributed by atoms with Crippen molar-refractivity contribution < 1.29 is 4.79 Å². The van der Waals surface area contributed by atoms with Crippen LogP contribution in [-0.2, 0) is 0 Å². The van der Waals surface area contributed by atoms with Crippen LogP contribution in [0, 0.1) is 18.8 Å². The van der Waals surface area contributed by atoms with Crippen LogP contribution < -0.4 is 11.5 Å². The molecule has 2 aliphatic rings. The van der Waals surface area contributed by atoms with Crippen molar-refractivity contribution in [2.45, 2.75) is 120 Å². The van der Waals surface area contributed by atoms with Crippen LogP contribution in [0.25, 0.3) is 27.6 Å². The first kappa shape index (κ1) is 35.8. The monoisotopic (exact) mass is 587 g/mol. The molecule has 2 saturated carbocycles. The Morgan fingerprint density at radius 3 is 2.14 bits per heavy atom. The van der Waals surface area contributed by atoms with E-state index in [4.69, 9.17) is 11.5 Å². The van der Waals surface area contributed by atoms with Crippen LogP contribution >= 0.6 is 0 Å². The molecule has 5 N–H and O–H groups in total. The molecule has 0 saturated heterocycles. The molecule has 0 spiro atoms. The summed E-state index contributed by atoms with van der Waals surface area (Å²) in [5.74, 6) is 1.01. The van der Waals surface area contributed by atoms with Crippen molar-refractivity contribution in [3.8, 4) is 11.1 Å². The predicted octanol–water partition coefficient (Wildman–Crippen LogP) is 10.2. The number of nitrogen functional groups attached to an aromatic ring is 1. The highest BCUT2D eigenvalue weighted by Gasteiger charge is 2.23. The Labute approximate surface area is 260 Å². The zero-order valence-electron chi connectivity index (χ0n) is 28.1. The number of hydrogen-bond acceptors (Lipinski definition) is 4. The number of H-pyrrole nitrogens is 1. The van der Waals surface area contributed by atoms with Crippen molar-refractivity contribution in [3.63, 3.8) is 0 Å². The summed E-state index contributed by atoms with van der Waals surface area (Å²) in [6, 6.07) is 5.96. The SMILES string of the molecule is C1CC1.CC/C(=C\C=C(/C)C1CC1)c1cc(-c2c(C)ccc3[nH]ncc23)c(N)c(C(N)=O)n1.CCC(C)CC.CCCC. The Morgan fingerprint density at radius 2 is 1.67 bits per heavy atom. The number of carbonyl (C=O) groups is 1. The van der Waals surface area contributed by atoms with Crippen molar-refractivity contribution in [2.24, 2.45) is 17.6 Å². The van der Waals surface area contributed by atoms with Gasteiger partial charge >= 0.3 is 0 Å². The van der Waals surface area contributed by atoms with Gasteiger partial charge in [-0.1, -0.05) is 110 Å². The Morgan fingerprint density at radius 1 is 1.05 bits per heavy atom. The lowest BCUT2D eigenvalue weighted by Gasteiger charge is -2.15. The minimum Gasteiger partial charge on any atom is -0.396 e. The smallest absolute Gasteiger partial charge is 0.269 e. The lowest BCUT2D eigenvalue weighted by molar-refractivity contribution is 0.0996. The Hall–Kier alpha value is -3.41. The molecule has 2 aromatic heterocycles. The molecule has 2 heterocycles. The first-order valence-corrected chi connectivity index (χ1v) is 16.5. The summed E-state index contributed by atoms with van der Waals surface area (Å²) < 4.78 is 0. The van der Waals surface area contributed by atoms with E-state index in [1.807, 2.05) is 25.1 Å². The maximum atomic E-state index is 12.2. The second-order valence-electron chi connectivity index (χ2n) is 12.0. The van der Waals surface area contributed by atoms with E-state index in [1.54, 1.807) is 6.20 Å². The molecule has 236 valence electrons. The van der Waals surface area contributed by atoms with Crippen molar-refractivity contribution >= 4 is 28.1 Å². The van der Waals surface area contributed by atoms with Gasteiger partial charge in [-0.15, -0.1) is 0 Å². The second kappa shape index (κ2) is 18.3. The van der Waals surface area contributed by atoms with Gasteiger partial charge in [-0.05, 0) is 73.8 Å². The molecule has 0 radical (unpaired) electrons. The normalized spacial score (nSPS) is 14.3. The number of fused-ring (bicyclic) bond motifs is 1. The average molecular weight is 588 g/mol. The zero-order chi connectivity index (χ0) is 31.9. The molecular weight excluding hydrogens is 530 g/mol. The summed E-state index contributed by atoms with van der Waals surface area (Å²) in [5, 5.41) is 8.11. The number of rotatable bonds is 9. The predicted molar refractivity (Wildman–Crippen MR) is 186 cm³/mol. The third-order valence-corrected chi connectivity index (χ3v) is 8.12. The molecule has 5 rings (SSSR count). The third kappa shape index (κ3) is 11.3. The van der Waals surface area contributed by atoms with Gasteiger partial charge in [-0.3, -0.25) is 9.89 Å². The number of hydrogen-bond donors (Lipinski definition) is 3. The molecule has 6 heteroatoms. The molecular formula is C37H57N5O. The molecule has 3 aromatic rings. The van der Waals surface area contributed by atoms with E-state index in [2.05, 4.69) is 75.8 Å². The van der Waals surface area contributed by atoms with Gasteiger partial charge in [0.15, 0.2) is 5.69 Å². The van der Waals surface area contributed by atoms with Gasteiger partial charge in [0.2, 0.25) is 0 Å². The first-order chi connectivity index (χ1) is 20.6.